The van der Waals surface area contributed by atoms with E-state index in [-0.39, 0.29) is 11.9 Å². The Kier molecular flexibility index (Phi) is 3.70. The van der Waals surface area contributed by atoms with E-state index >= 15 is 0 Å². The average Bonchev–Trinajstić information content (AvgIpc) is 2.49. The summed E-state index contributed by atoms with van der Waals surface area (Å²) in [5.74, 6) is 1.17. The molecule has 1 aromatic heterocycles. The Bertz CT molecular complexity index is 672. The van der Waals surface area contributed by atoms with E-state index in [1.165, 1.54) is 0 Å². The predicted molar refractivity (Wildman–Crippen MR) is 81.4 cm³/mol. The summed E-state index contributed by atoms with van der Waals surface area (Å²) >= 11 is 0. The van der Waals surface area contributed by atoms with E-state index in [0.29, 0.717) is 24.7 Å². The van der Waals surface area contributed by atoms with E-state index in [1.807, 2.05) is 31.2 Å². The maximum Gasteiger partial charge on any atom is 0.240 e. The number of aromatic nitrogens is 2. The molecule has 0 radical (unpaired) electrons. The van der Waals surface area contributed by atoms with Crippen molar-refractivity contribution >= 4 is 22.6 Å². The van der Waals surface area contributed by atoms with Gasteiger partial charge in [0.05, 0.1) is 18.1 Å². The summed E-state index contributed by atoms with van der Waals surface area (Å²) in [4.78, 5) is 22.9. The topological polar surface area (TPSA) is 84.1 Å². The van der Waals surface area contributed by atoms with Crippen LogP contribution >= 0.6 is 0 Å². The van der Waals surface area contributed by atoms with Crippen LogP contribution < -0.4 is 11.1 Å². The normalized spacial score (nSPS) is 19.2. The van der Waals surface area contributed by atoms with Crippen molar-refractivity contribution in [2.45, 2.75) is 25.9 Å². The minimum absolute atomic E-state index is 0.100. The summed E-state index contributed by atoms with van der Waals surface area (Å²) in [7, 11) is 0. The first-order valence-electron chi connectivity index (χ1n) is 7.22. The monoisotopic (exact) mass is 285 g/mol. The van der Waals surface area contributed by atoms with Crippen LogP contribution in [0.4, 0.5) is 5.82 Å². The summed E-state index contributed by atoms with van der Waals surface area (Å²) in [6, 6.07) is 7.54. The highest BCUT2D eigenvalue weighted by Gasteiger charge is 2.27. The highest BCUT2D eigenvalue weighted by Crippen LogP contribution is 2.18. The number of fused-ring (bicyclic) bond motifs is 1. The number of hydrogen-bond acceptors (Lipinski definition) is 5. The third-order valence-electron chi connectivity index (χ3n) is 3.80. The van der Waals surface area contributed by atoms with Gasteiger partial charge in [0, 0.05) is 18.5 Å². The zero-order valence-electron chi connectivity index (χ0n) is 12.0. The fourth-order valence-corrected chi connectivity index (χ4v) is 2.66. The van der Waals surface area contributed by atoms with Crippen molar-refractivity contribution in [1.29, 1.82) is 0 Å². The van der Waals surface area contributed by atoms with Gasteiger partial charge >= 0.3 is 0 Å². The first kappa shape index (κ1) is 13.8. The van der Waals surface area contributed by atoms with Gasteiger partial charge in [0.1, 0.15) is 5.82 Å². The van der Waals surface area contributed by atoms with E-state index < -0.39 is 0 Å². The Hall–Kier alpha value is -2.21. The molecule has 1 fully saturated rings. The molecule has 1 aliphatic heterocycles. The maximum atomic E-state index is 12.3. The smallest absolute Gasteiger partial charge is 0.240 e. The first-order chi connectivity index (χ1) is 10.2. The van der Waals surface area contributed by atoms with E-state index in [0.717, 1.165) is 23.9 Å². The van der Waals surface area contributed by atoms with Gasteiger partial charge in [-0.05, 0) is 18.6 Å². The number of nitrogen functional groups attached to an aromatic ring is 1. The van der Waals surface area contributed by atoms with Crippen molar-refractivity contribution < 1.29 is 4.79 Å². The second-order valence-corrected chi connectivity index (χ2v) is 5.22. The Morgan fingerprint density at radius 3 is 3.00 bits per heavy atom. The molecule has 21 heavy (non-hydrogen) atoms. The van der Waals surface area contributed by atoms with Gasteiger partial charge in [-0.2, -0.15) is 0 Å². The van der Waals surface area contributed by atoms with Crippen molar-refractivity contribution in [2.75, 3.05) is 18.8 Å². The Morgan fingerprint density at radius 1 is 1.38 bits per heavy atom. The summed E-state index contributed by atoms with van der Waals surface area (Å²) in [6.07, 6.45) is 0.788. The zero-order chi connectivity index (χ0) is 14.8. The van der Waals surface area contributed by atoms with E-state index in [9.17, 15) is 4.79 Å². The van der Waals surface area contributed by atoms with Crippen LogP contribution in [0.15, 0.2) is 24.3 Å². The van der Waals surface area contributed by atoms with E-state index in [4.69, 9.17) is 5.73 Å². The molecule has 2 heterocycles. The van der Waals surface area contributed by atoms with E-state index in [1.54, 1.807) is 4.90 Å². The number of carbonyl (C=O) groups is 1. The van der Waals surface area contributed by atoms with E-state index in [2.05, 4.69) is 15.3 Å². The molecule has 1 amide bonds. The van der Waals surface area contributed by atoms with Gasteiger partial charge in [0.15, 0.2) is 5.82 Å². The van der Waals surface area contributed by atoms with Gasteiger partial charge < -0.3 is 16.0 Å². The number of carbonyl (C=O) groups excluding carboxylic acids is 1. The fraction of sp³-hybridized carbons (Fsp3) is 0.400. The Balaban J connectivity index is 1.86. The molecule has 1 aliphatic rings. The van der Waals surface area contributed by atoms with Gasteiger partial charge in [-0.15, -0.1) is 0 Å². The van der Waals surface area contributed by atoms with Crippen LogP contribution in [0.5, 0.6) is 0 Å². The summed E-state index contributed by atoms with van der Waals surface area (Å²) in [6.45, 7) is 3.88. The number of piperazine rings is 1. The van der Waals surface area contributed by atoms with Gasteiger partial charge in [-0.1, -0.05) is 19.1 Å². The van der Waals surface area contributed by atoms with Crippen molar-refractivity contribution in [3.05, 3.63) is 30.1 Å². The molecule has 2 aromatic rings. The Labute approximate surface area is 123 Å². The van der Waals surface area contributed by atoms with Gasteiger partial charge in [-0.25, -0.2) is 9.97 Å². The third-order valence-corrected chi connectivity index (χ3v) is 3.80. The standard InChI is InChI=1S/C15H19N5O/c1-2-11-15(21)20(8-7-17-11)9-13-18-12-6-4-3-5-10(12)14(16)19-13/h3-6,11,17H,2,7-9H2,1H3,(H2,16,18,19). The average molecular weight is 285 g/mol. The van der Waals surface area contributed by atoms with Crippen LogP contribution in [0.3, 0.4) is 0 Å². The number of rotatable bonds is 3. The molecule has 0 aliphatic carbocycles. The molecule has 1 atom stereocenters. The molecule has 0 bridgehead atoms. The van der Waals surface area contributed by atoms with Crippen LogP contribution in [0.1, 0.15) is 19.2 Å². The summed E-state index contributed by atoms with van der Waals surface area (Å²) in [5, 5.41) is 4.07. The number of hydrogen-bond donors (Lipinski definition) is 2. The molecule has 110 valence electrons. The van der Waals surface area contributed by atoms with Crippen molar-refractivity contribution in [1.82, 2.24) is 20.2 Å². The Morgan fingerprint density at radius 2 is 2.19 bits per heavy atom. The number of para-hydroxylation sites is 1. The molecule has 6 heteroatoms. The fourth-order valence-electron chi connectivity index (χ4n) is 2.66. The summed E-state index contributed by atoms with van der Waals surface area (Å²) < 4.78 is 0. The van der Waals surface area contributed by atoms with Gasteiger partial charge in [0.25, 0.3) is 0 Å². The van der Waals surface area contributed by atoms with Crippen LogP contribution in [0, 0.1) is 0 Å². The van der Waals surface area contributed by atoms with Crippen LogP contribution in [-0.4, -0.2) is 39.9 Å². The van der Waals surface area contributed by atoms with Crippen LogP contribution in [0.2, 0.25) is 0 Å². The molecule has 1 saturated heterocycles. The molecule has 6 nitrogen and oxygen atoms in total. The zero-order valence-corrected chi connectivity index (χ0v) is 12.0. The number of nitrogens with two attached hydrogens (primary N) is 1. The van der Waals surface area contributed by atoms with Crippen molar-refractivity contribution in [3.8, 4) is 0 Å². The largest absolute Gasteiger partial charge is 0.383 e. The third kappa shape index (κ3) is 2.67. The van der Waals surface area contributed by atoms with Crippen LogP contribution in [0.25, 0.3) is 10.9 Å². The lowest BCUT2D eigenvalue weighted by Crippen LogP contribution is -2.54. The predicted octanol–water partition coefficient (Wildman–Crippen LogP) is 0.922. The highest BCUT2D eigenvalue weighted by molar-refractivity contribution is 5.88. The molecule has 1 unspecified atom stereocenters. The molecule has 3 N–H and O–H groups in total. The molecular formula is C15H19N5O. The SMILES string of the molecule is CCC1NCCN(Cc2nc(N)c3ccccc3n2)C1=O. The lowest BCUT2D eigenvalue weighted by Gasteiger charge is -2.32. The van der Waals surface area contributed by atoms with Gasteiger partial charge in [-0.3, -0.25) is 4.79 Å². The minimum Gasteiger partial charge on any atom is -0.383 e. The molecule has 0 saturated carbocycles. The molecule has 0 spiro atoms. The maximum absolute atomic E-state index is 12.3. The second-order valence-electron chi connectivity index (χ2n) is 5.22. The lowest BCUT2D eigenvalue weighted by atomic mass is 10.1. The lowest BCUT2D eigenvalue weighted by molar-refractivity contribution is -0.136. The van der Waals surface area contributed by atoms with Crippen molar-refractivity contribution in [3.63, 3.8) is 0 Å². The number of benzene rings is 1. The molecular weight excluding hydrogens is 266 g/mol. The van der Waals surface area contributed by atoms with Crippen LogP contribution in [-0.2, 0) is 11.3 Å². The highest BCUT2D eigenvalue weighted by atomic mass is 16.2. The number of anilines is 1. The second kappa shape index (κ2) is 5.65. The van der Waals surface area contributed by atoms with Crippen molar-refractivity contribution in [2.24, 2.45) is 0 Å². The first-order valence-corrected chi connectivity index (χ1v) is 7.22. The number of nitrogens with one attached hydrogen (secondary N) is 1. The molecule has 3 rings (SSSR count). The van der Waals surface area contributed by atoms with Gasteiger partial charge in [0.2, 0.25) is 5.91 Å². The molecule has 1 aromatic carbocycles. The number of amides is 1. The summed E-state index contributed by atoms with van der Waals surface area (Å²) in [5.41, 5.74) is 6.80. The minimum atomic E-state index is -0.100. The number of nitrogens with zero attached hydrogens (tertiary/aromatic N) is 3. The quantitative estimate of drug-likeness (QED) is 0.876.